The SMILES string of the molecule is O=C(Nc1ccc2c(c1)CNC2)C1(c2cccc(Br)c2)CCC1. The fraction of sp³-hybridized carbons (Fsp3) is 0.316. The Hall–Kier alpha value is -1.65. The maximum atomic E-state index is 13.0. The Bertz CT molecular complexity index is 768. The molecule has 1 amide bonds. The third-order valence-electron chi connectivity index (χ3n) is 5.11. The number of amides is 1. The van der Waals surface area contributed by atoms with Gasteiger partial charge < -0.3 is 10.6 Å². The molecular weight excluding hydrogens is 352 g/mol. The van der Waals surface area contributed by atoms with E-state index in [4.69, 9.17) is 0 Å². The van der Waals surface area contributed by atoms with Gasteiger partial charge >= 0.3 is 0 Å². The van der Waals surface area contributed by atoms with Crippen molar-refractivity contribution in [3.63, 3.8) is 0 Å². The predicted molar refractivity (Wildman–Crippen MR) is 95.3 cm³/mol. The molecule has 118 valence electrons. The third kappa shape index (κ3) is 2.60. The van der Waals surface area contributed by atoms with Gasteiger partial charge in [-0.25, -0.2) is 0 Å². The highest BCUT2D eigenvalue weighted by Crippen LogP contribution is 2.45. The number of carbonyl (C=O) groups excluding carboxylic acids is 1. The van der Waals surface area contributed by atoms with Crippen LogP contribution in [0.2, 0.25) is 0 Å². The molecule has 3 nitrogen and oxygen atoms in total. The average Bonchev–Trinajstić information content (AvgIpc) is 2.93. The van der Waals surface area contributed by atoms with Crippen LogP contribution in [0, 0.1) is 0 Å². The molecule has 23 heavy (non-hydrogen) atoms. The van der Waals surface area contributed by atoms with Crippen molar-refractivity contribution in [1.29, 1.82) is 0 Å². The number of fused-ring (bicyclic) bond motifs is 1. The highest BCUT2D eigenvalue weighted by atomic mass is 79.9. The number of halogens is 1. The lowest BCUT2D eigenvalue weighted by molar-refractivity contribution is -0.124. The van der Waals surface area contributed by atoms with Gasteiger partial charge in [-0.05, 0) is 53.8 Å². The molecule has 1 aliphatic heterocycles. The monoisotopic (exact) mass is 370 g/mol. The van der Waals surface area contributed by atoms with Gasteiger partial charge in [0, 0.05) is 23.2 Å². The smallest absolute Gasteiger partial charge is 0.235 e. The molecule has 1 heterocycles. The van der Waals surface area contributed by atoms with Crippen LogP contribution in [0.3, 0.4) is 0 Å². The molecule has 0 spiro atoms. The topological polar surface area (TPSA) is 41.1 Å². The van der Waals surface area contributed by atoms with Gasteiger partial charge in [0.05, 0.1) is 5.41 Å². The summed E-state index contributed by atoms with van der Waals surface area (Å²) in [5, 5.41) is 6.49. The number of nitrogens with one attached hydrogen (secondary N) is 2. The minimum Gasteiger partial charge on any atom is -0.325 e. The molecule has 1 saturated carbocycles. The third-order valence-corrected chi connectivity index (χ3v) is 5.61. The second-order valence-electron chi connectivity index (χ2n) is 6.49. The zero-order valence-electron chi connectivity index (χ0n) is 12.9. The Morgan fingerprint density at radius 3 is 2.65 bits per heavy atom. The molecule has 4 rings (SSSR count). The number of hydrogen-bond acceptors (Lipinski definition) is 2. The Labute approximate surface area is 144 Å². The zero-order valence-corrected chi connectivity index (χ0v) is 14.4. The van der Waals surface area contributed by atoms with Crippen LogP contribution in [-0.4, -0.2) is 5.91 Å². The summed E-state index contributed by atoms with van der Waals surface area (Å²) in [7, 11) is 0. The Kier molecular flexibility index (Phi) is 3.74. The molecule has 1 fully saturated rings. The van der Waals surface area contributed by atoms with Crippen LogP contribution in [-0.2, 0) is 23.3 Å². The van der Waals surface area contributed by atoms with Crippen LogP contribution >= 0.6 is 15.9 Å². The first-order valence-electron chi connectivity index (χ1n) is 8.07. The summed E-state index contributed by atoms with van der Waals surface area (Å²) in [6.07, 6.45) is 2.94. The number of anilines is 1. The van der Waals surface area contributed by atoms with E-state index in [1.807, 2.05) is 18.2 Å². The van der Waals surface area contributed by atoms with Crippen LogP contribution in [0.5, 0.6) is 0 Å². The first-order valence-corrected chi connectivity index (χ1v) is 8.87. The number of hydrogen-bond donors (Lipinski definition) is 2. The lowest BCUT2D eigenvalue weighted by Crippen LogP contribution is -2.46. The first-order chi connectivity index (χ1) is 11.2. The van der Waals surface area contributed by atoms with Crippen molar-refractivity contribution in [1.82, 2.24) is 5.32 Å². The summed E-state index contributed by atoms with van der Waals surface area (Å²) in [4.78, 5) is 13.0. The van der Waals surface area contributed by atoms with Gasteiger partial charge in [-0.2, -0.15) is 0 Å². The molecule has 0 unspecified atom stereocenters. The van der Waals surface area contributed by atoms with Gasteiger partial charge in [0.1, 0.15) is 0 Å². The van der Waals surface area contributed by atoms with Crippen molar-refractivity contribution >= 4 is 27.5 Å². The van der Waals surface area contributed by atoms with Crippen LogP contribution in [0.15, 0.2) is 46.9 Å². The molecule has 2 aromatic rings. The standard InChI is InChI=1S/C19H19BrN2O/c20-16-4-1-3-15(10-16)19(7-2-8-19)18(23)22-17-6-5-13-11-21-12-14(13)9-17/h1,3-6,9-10,21H,2,7-8,11-12H2,(H,22,23). The second kappa shape index (κ2) is 5.77. The quantitative estimate of drug-likeness (QED) is 0.853. The van der Waals surface area contributed by atoms with Gasteiger partial charge in [-0.3, -0.25) is 4.79 Å². The van der Waals surface area contributed by atoms with Crippen molar-refractivity contribution in [3.05, 3.63) is 63.6 Å². The van der Waals surface area contributed by atoms with Crippen LogP contribution < -0.4 is 10.6 Å². The average molecular weight is 371 g/mol. The van der Waals surface area contributed by atoms with Crippen molar-refractivity contribution in [2.75, 3.05) is 5.32 Å². The van der Waals surface area contributed by atoms with Gasteiger partial charge in [-0.15, -0.1) is 0 Å². The number of benzene rings is 2. The molecule has 0 saturated heterocycles. The molecule has 2 N–H and O–H groups in total. The normalized spacial score (nSPS) is 18.1. The van der Waals surface area contributed by atoms with E-state index in [1.54, 1.807) is 0 Å². The molecular formula is C19H19BrN2O. The van der Waals surface area contributed by atoms with Gasteiger partial charge in [0.15, 0.2) is 0 Å². The van der Waals surface area contributed by atoms with Crippen molar-refractivity contribution in [2.45, 2.75) is 37.8 Å². The fourth-order valence-electron chi connectivity index (χ4n) is 3.59. The summed E-state index contributed by atoms with van der Waals surface area (Å²) in [6, 6.07) is 14.4. The minimum absolute atomic E-state index is 0.118. The van der Waals surface area contributed by atoms with E-state index in [9.17, 15) is 4.79 Å². The number of carbonyl (C=O) groups is 1. The van der Waals surface area contributed by atoms with Gasteiger partial charge in [0.25, 0.3) is 0 Å². The van der Waals surface area contributed by atoms with E-state index in [1.165, 1.54) is 11.1 Å². The van der Waals surface area contributed by atoms with Crippen LogP contribution in [0.25, 0.3) is 0 Å². The summed E-state index contributed by atoms with van der Waals surface area (Å²) < 4.78 is 1.03. The predicted octanol–water partition coefficient (Wildman–Crippen LogP) is 4.11. The maximum Gasteiger partial charge on any atom is 0.235 e. The summed E-state index contributed by atoms with van der Waals surface area (Å²) in [5.74, 6) is 0.118. The zero-order chi connectivity index (χ0) is 15.9. The maximum absolute atomic E-state index is 13.0. The van der Waals surface area contributed by atoms with Crippen molar-refractivity contribution in [3.8, 4) is 0 Å². The van der Waals surface area contributed by atoms with Crippen LogP contribution in [0.4, 0.5) is 5.69 Å². The molecule has 4 heteroatoms. The largest absolute Gasteiger partial charge is 0.325 e. The molecule has 0 radical (unpaired) electrons. The second-order valence-corrected chi connectivity index (χ2v) is 7.40. The molecule has 2 aliphatic rings. The van der Waals surface area contributed by atoms with E-state index in [2.05, 4.69) is 50.8 Å². The van der Waals surface area contributed by atoms with E-state index in [0.29, 0.717) is 0 Å². The van der Waals surface area contributed by atoms with Crippen LogP contribution in [0.1, 0.15) is 36.0 Å². The fourth-order valence-corrected chi connectivity index (χ4v) is 3.99. The van der Waals surface area contributed by atoms with Gasteiger partial charge in [-0.1, -0.05) is 40.5 Å². The minimum atomic E-state index is -0.374. The van der Waals surface area contributed by atoms with E-state index in [-0.39, 0.29) is 11.3 Å². The Morgan fingerprint density at radius 1 is 1.09 bits per heavy atom. The van der Waals surface area contributed by atoms with Crippen molar-refractivity contribution in [2.24, 2.45) is 0 Å². The highest BCUT2D eigenvalue weighted by Gasteiger charge is 2.45. The summed E-state index contributed by atoms with van der Waals surface area (Å²) in [6.45, 7) is 1.81. The number of rotatable bonds is 3. The highest BCUT2D eigenvalue weighted by molar-refractivity contribution is 9.10. The molecule has 2 aromatic carbocycles. The molecule has 0 aromatic heterocycles. The first kappa shape index (κ1) is 14.9. The van der Waals surface area contributed by atoms with Gasteiger partial charge in [0.2, 0.25) is 5.91 Å². The molecule has 0 atom stereocenters. The Balaban J connectivity index is 1.60. The molecule has 1 aliphatic carbocycles. The van der Waals surface area contributed by atoms with E-state index < -0.39 is 0 Å². The summed E-state index contributed by atoms with van der Waals surface area (Å²) >= 11 is 3.52. The summed E-state index contributed by atoms with van der Waals surface area (Å²) in [5.41, 5.74) is 4.25. The lowest BCUT2D eigenvalue weighted by atomic mass is 9.64. The van der Waals surface area contributed by atoms with E-state index >= 15 is 0 Å². The molecule has 0 bridgehead atoms. The Morgan fingerprint density at radius 2 is 1.91 bits per heavy atom. The van der Waals surface area contributed by atoms with E-state index in [0.717, 1.165) is 48.1 Å². The van der Waals surface area contributed by atoms with Crippen molar-refractivity contribution < 1.29 is 4.79 Å². The lowest BCUT2D eigenvalue weighted by Gasteiger charge is -2.40.